The predicted molar refractivity (Wildman–Crippen MR) is 85.7 cm³/mol. The highest BCUT2D eigenvalue weighted by molar-refractivity contribution is 8.00. The number of likely N-dealkylation sites (N-methyl/N-ethyl adjacent to an activating group) is 1. The maximum Gasteiger partial charge on any atom is 0.233 e. The van der Waals surface area contributed by atoms with Crippen molar-refractivity contribution in [1.82, 2.24) is 9.88 Å². The second-order valence-corrected chi connectivity index (χ2v) is 6.48. The van der Waals surface area contributed by atoms with Crippen LogP contribution in [0.3, 0.4) is 0 Å². The van der Waals surface area contributed by atoms with E-state index in [1.54, 1.807) is 18.0 Å². The van der Waals surface area contributed by atoms with Crippen LogP contribution >= 0.6 is 11.8 Å². The Morgan fingerprint density at radius 3 is 2.86 bits per heavy atom. The molecule has 3 rings (SSSR count). The molecule has 0 atom stereocenters. The molecule has 2 heterocycles. The molecule has 2 aromatic rings. The number of carbonyl (C=O) groups is 1. The van der Waals surface area contributed by atoms with E-state index in [9.17, 15) is 4.79 Å². The maximum absolute atomic E-state index is 12.3. The summed E-state index contributed by atoms with van der Waals surface area (Å²) in [5.41, 5.74) is 0.987. The number of carbonyl (C=O) groups excluding carboxylic acids is 1. The van der Waals surface area contributed by atoms with Gasteiger partial charge < -0.3 is 9.80 Å². The van der Waals surface area contributed by atoms with Crippen molar-refractivity contribution in [2.24, 2.45) is 0 Å². The van der Waals surface area contributed by atoms with Gasteiger partial charge in [0.15, 0.2) is 0 Å². The van der Waals surface area contributed by atoms with Gasteiger partial charge in [-0.25, -0.2) is 0 Å². The second-order valence-electron chi connectivity index (χ2n) is 5.46. The lowest BCUT2D eigenvalue weighted by Crippen LogP contribution is -3.12. The minimum absolute atomic E-state index is 0.237. The molecule has 4 nitrogen and oxygen atoms in total. The van der Waals surface area contributed by atoms with Crippen LogP contribution in [0.1, 0.15) is 0 Å². The first kappa shape index (κ1) is 14.4. The average Bonchev–Trinajstić information content (AvgIpc) is 2.53. The number of fused-ring (bicyclic) bond motifs is 1. The number of nitrogens with zero attached hydrogens (tertiary/aromatic N) is 2. The standard InChI is InChI=1S/C16H19N3OS/c1-18-8-10-19(11-9-18)15(20)12-21-14-6-2-4-13-5-3-7-17-16(13)14/h2-7H,8-12H2,1H3/p+1. The van der Waals surface area contributed by atoms with E-state index in [-0.39, 0.29) is 5.91 Å². The number of nitrogens with one attached hydrogen (secondary N) is 1. The maximum atomic E-state index is 12.3. The van der Waals surface area contributed by atoms with Gasteiger partial charge in [0.2, 0.25) is 5.91 Å². The summed E-state index contributed by atoms with van der Waals surface area (Å²) in [5.74, 6) is 0.731. The van der Waals surface area contributed by atoms with Crippen molar-refractivity contribution >= 4 is 28.6 Å². The number of benzene rings is 1. The van der Waals surface area contributed by atoms with Gasteiger partial charge in [-0.15, -0.1) is 11.8 Å². The number of para-hydroxylation sites is 1. The number of amides is 1. The second kappa shape index (κ2) is 6.45. The lowest BCUT2D eigenvalue weighted by molar-refractivity contribution is -0.883. The molecular weight excluding hydrogens is 282 g/mol. The van der Waals surface area contributed by atoms with E-state index in [2.05, 4.69) is 24.2 Å². The van der Waals surface area contributed by atoms with Gasteiger partial charge in [-0.2, -0.15) is 0 Å². The van der Waals surface area contributed by atoms with E-state index in [0.29, 0.717) is 5.75 Å². The minimum Gasteiger partial charge on any atom is -0.334 e. The van der Waals surface area contributed by atoms with Crippen LogP contribution in [0.25, 0.3) is 10.9 Å². The molecule has 0 unspecified atom stereocenters. The van der Waals surface area contributed by atoms with Gasteiger partial charge in [0, 0.05) is 16.5 Å². The van der Waals surface area contributed by atoms with Gasteiger partial charge in [-0.05, 0) is 12.1 Å². The van der Waals surface area contributed by atoms with E-state index in [0.717, 1.165) is 42.0 Å². The molecule has 1 aromatic heterocycles. The normalized spacial score (nSPS) is 16.3. The molecular formula is C16H20N3OS+. The fourth-order valence-electron chi connectivity index (χ4n) is 2.56. The average molecular weight is 302 g/mol. The highest BCUT2D eigenvalue weighted by atomic mass is 32.2. The lowest BCUT2D eigenvalue weighted by atomic mass is 10.2. The van der Waals surface area contributed by atoms with Gasteiger partial charge in [-0.1, -0.05) is 18.2 Å². The number of aromatic nitrogens is 1. The number of thioether (sulfide) groups is 1. The molecule has 110 valence electrons. The number of hydrogen-bond donors (Lipinski definition) is 1. The van der Waals surface area contributed by atoms with Crippen LogP contribution < -0.4 is 4.90 Å². The number of piperazine rings is 1. The third kappa shape index (κ3) is 3.36. The lowest BCUT2D eigenvalue weighted by Gasteiger charge is -2.30. The Kier molecular flexibility index (Phi) is 4.41. The Balaban J connectivity index is 1.65. The topological polar surface area (TPSA) is 37.6 Å². The zero-order valence-corrected chi connectivity index (χ0v) is 13.0. The third-order valence-corrected chi connectivity index (χ3v) is 4.95. The molecule has 0 spiro atoms. The van der Waals surface area contributed by atoms with Gasteiger partial charge in [0.05, 0.1) is 44.5 Å². The summed E-state index contributed by atoms with van der Waals surface area (Å²) in [7, 11) is 2.18. The molecule has 0 bridgehead atoms. The van der Waals surface area contributed by atoms with Gasteiger partial charge in [0.1, 0.15) is 0 Å². The summed E-state index contributed by atoms with van der Waals surface area (Å²) in [6.45, 7) is 3.84. The van der Waals surface area contributed by atoms with E-state index >= 15 is 0 Å². The van der Waals surface area contributed by atoms with E-state index in [1.165, 1.54) is 4.90 Å². The van der Waals surface area contributed by atoms with Crippen LogP contribution in [0.2, 0.25) is 0 Å². The van der Waals surface area contributed by atoms with Gasteiger partial charge in [-0.3, -0.25) is 9.78 Å². The fourth-order valence-corrected chi connectivity index (χ4v) is 3.50. The number of rotatable bonds is 3. The Morgan fingerprint density at radius 2 is 2.05 bits per heavy atom. The van der Waals surface area contributed by atoms with E-state index < -0.39 is 0 Å². The van der Waals surface area contributed by atoms with Crippen LogP contribution in [0.5, 0.6) is 0 Å². The monoisotopic (exact) mass is 302 g/mol. The first-order chi connectivity index (χ1) is 10.2. The Morgan fingerprint density at radius 1 is 1.29 bits per heavy atom. The molecule has 5 heteroatoms. The Bertz CT molecular complexity index is 633. The zero-order chi connectivity index (χ0) is 14.7. The highest BCUT2D eigenvalue weighted by Crippen LogP contribution is 2.26. The van der Waals surface area contributed by atoms with Crippen molar-refractivity contribution in [3.8, 4) is 0 Å². The Labute approximate surface area is 129 Å². The first-order valence-corrected chi connectivity index (χ1v) is 8.28. The Hall–Kier alpha value is -1.59. The summed E-state index contributed by atoms with van der Waals surface area (Å²) in [4.78, 5) is 21.3. The molecule has 1 aromatic carbocycles. The van der Waals surface area contributed by atoms with Crippen LogP contribution in [0, 0.1) is 0 Å². The molecule has 1 saturated heterocycles. The largest absolute Gasteiger partial charge is 0.334 e. The van der Waals surface area contributed by atoms with Crippen molar-refractivity contribution in [3.63, 3.8) is 0 Å². The molecule has 1 aliphatic rings. The van der Waals surface area contributed by atoms with Crippen LogP contribution in [0.4, 0.5) is 0 Å². The minimum atomic E-state index is 0.237. The summed E-state index contributed by atoms with van der Waals surface area (Å²) in [6, 6.07) is 10.1. The van der Waals surface area contributed by atoms with Crippen molar-refractivity contribution in [1.29, 1.82) is 0 Å². The molecule has 1 fully saturated rings. The summed E-state index contributed by atoms with van der Waals surface area (Å²) < 4.78 is 0. The number of pyridine rings is 1. The van der Waals surface area contributed by atoms with Gasteiger partial charge in [0.25, 0.3) is 0 Å². The quantitative estimate of drug-likeness (QED) is 0.848. The highest BCUT2D eigenvalue weighted by Gasteiger charge is 2.21. The van der Waals surface area contributed by atoms with E-state index in [1.807, 2.05) is 23.1 Å². The fraction of sp³-hybridized carbons (Fsp3) is 0.375. The van der Waals surface area contributed by atoms with Crippen LogP contribution in [-0.2, 0) is 4.79 Å². The molecule has 21 heavy (non-hydrogen) atoms. The van der Waals surface area contributed by atoms with Crippen molar-refractivity contribution in [2.75, 3.05) is 39.0 Å². The summed E-state index contributed by atoms with van der Waals surface area (Å²) in [5, 5.41) is 1.12. The molecule has 1 amide bonds. The molecule has 0 radical (unpaired) electrons. The van der Waals surface area contributed by atoms with Crippen LogP contribution in [0.15, 0.2) is 41.4 Å². The van der Waals surface area contributed by atoms with E-state index in [4.69, 9.17) is 0 Å². The molecule has 1 aliphatic heterocycles. The smallest absolute Gasteiger partial charge is 0.233 e. The van der Waals surface area contributed by atoms with Crippen LogP contribution in [-0.4, -0.2) is 54.8 Å². The first-order valence-electron chi connectivity index (χ1n) is 7.29. The summed E-state index contributed by atoms with van der Waals surface area (Å²) >= 11 is 1.59. The molecule has 0 saturated carbocycles. The molecule has 1 N–H and O–H groups in total. The zero-order valence-electron chi connectivity index (χ0n) is 12.2. The third-order valence-electron chi connectivity index (χ3n) is 3.92. The van der Waals surface area contributed by atoms with Crippen molar-refractivity contribution in [2.45, 2.75) is 4.90 Å². The van der Waals surface area contributed by atoms with Crippen molar-refractivity contribution in [3.05, 3.63) is 36.5 Å². The summed E-state index contributed by atoms with van der Waals surface area (Å²) in [6.07, 6.45) is 1.80. The number of quaternary nitrogens is 1. The number of hydrogen-bond acceptors (Lipinski definition) is 3. The molecule has 0 aliphatic carbocycles. The van der Waals surface area contributed by atoms with Crippen molar-refractivity contribution < 1.29 is 9.69 Å². The SMILES string of the molecule is C[NH+]1CCN(C(=O)CSc2cccc3cccnc23)CC1. The van der Waals surface area contributed by atoms with Gasteiger partial charge >= 0.3 is 0 Å². The predicted octanol–water partition coefficient (Wildman–Crippen LogP) is 0.684.